The van der Waals surface area contributed by atoms with Crippen LogP contribution in [0.2, 0.25) is 0 Å². The van der Waals surface area contributed by atoms with E-state index in [1.54, 1.807) is 0 Å². The van der Waals surface area contributed by atoms with Gasteiger partial charge < -0.3 is 20.5 Å². The molecule has 0 aromatic carbocycles. The van der Waals surface area contributed by atoms with E-state index in [1.807, 2.05) is 0 Å². The Bertz CT molecular complexity index is 99.6. The van der Waals surface area contributed by atoms with Gasteiger partial charge in [-0.2, -0.15) is 0 Å². The summed E-state index contributed by atoms with van der Waals surface area (Å²) in [6.45, 7) is 8.36. The molecule has 13 heavy (non-hydrogen) atoms. The van der Waals surface area contributed by atoms with Crippen molar-refractivity contribution in [2.45, 2.75) is 19.9 Å². The van der Waals surface area contributed by atoms with E-state index in [9.17, 15) is 0 Å². The Balaban J connectivity index is 2.84. The Hall–Kier alpha value is -0.160. The smallest absolute Gasteiger partial charge is 0.0701 e. The van der Waals surface area contributed by atoms with Crippen molar-refractivity contribution < 1.29 is 9.47 Å². The largest absolute Gasteiger partial charge is 0.378 e. The average Bonchev–Trinajstić information content (AvgIpc) is 2.09. The van der Waals surface area contributed by atoms with Crippen LogP contribution < -0.4 is 11.1 Å². The molecule has 4 nitrogen and oxygen atoms in total. The van der Waals surface area contributed by atoms with Gasteiger partial charge in [-0.3, -0.25) is 0 Å². The van der Waals surface area contributed by atoms with Crippen LogP contribution in [0.5, 0.6) is 0 Å². The van der Waals surface area contributed by atoms with Crippen molar-refractivity contribution in [2.75, 3.05) is 39.5 Å². The van der Waals surface area contributed by atoms with Crippen molar-refractivity contribution in [3.63, 3.8) is 0 Å². The Kier molecular flexibility index (Phi) is 9.80. The zero-order valence-corrected chi connectivity index (χ0v) is 8.71. The molecule has 0 amide bonds. The zero-order valence-electron chi connectivity index (χ0n) is 8.71. The summed E-state index contributed by atoms with van der Waals surface area (Å²) in [6, 6.07) is 0.525. The molecular weight excluding hydrogens is 168 g/mol. The van der Waals surface area contributed by atoms with Crippen molar-refractivity contribution in [3.05, 3.63) is 0 Å². The van der Waals surface area contributed by atoms with Crippen molar-refractivity contribution >= 4 is 0 Å². The fraction of sp³-hybridized carbons (Fsp3) is 1.00. The second-order valence-corrected chi connectivity index (χ2v) is 3.12. The van der Waals surface area contributed by atoms with Gasteiger partial charge >= 0.3 is 0 Å². The molecule has 0 atom stereocenters. The normalized spacial score (nSPS) is 11.1. The summed E-state index contributed by atoms with van der Waals surface area (Å²) in [5.74, 6) is 0. The number of hydrogen-bond donors (Lipinski definition) is 2. The third-order valence-electron chi connectivity index (χ3n) is 1.43. The fourth-order valence-electron chi connectivity index (χ4n) is 0.825. The average molecular weight is 190 g/mol. The molecule has 0 spiro atoms. The minimum Gasteiger partial charge on any atom is -0.378 e. The molecule has 4 heteroatoms. The molecule has 0 fully saturated rings. The molecule has 0 aromatic rings. The van der Waals surface area contributed by atoms with E-state index in [-0.39, 0.29) is 0 Å². The summed E-state index contributed by atoms with van der Waals surface area (Å²) in [7, 11) is 0. The standard InChI is InChI=1S/C9H22N2O2/c1-9(2)11-4-6-13-8-7-12-5-3-10/h9,11H,3-8,10H2,1-2H3. The van der Waals surface area contributed by atoms with E-state index in [0.717, 1.165) is 13.2 Å². The van der Waals surface area contributed by atoms with E-state index < -0.39 is 0 Å². The molecule has 0 aromatic heterocycles. The van der Waals surface area contributed by atoms with Gasteiger partial charge in [-0.25, -0.2) is 0 Å². The maximum absolute atomic E-state index is 5.30. The van der Waals surface area contributed by atoms with E-state index in [1.165, 1.54) is 0 Å². The number of rotatable bonds is 9. The van der Waals surface area contributed by atoms with Crippen LogP contribution in [-0.2, 0) is 9.47 Å². The van der Waals surface area contributed by atoms with E-state index >= 15 is 0 Å². The lowest BCUT2D eigenvalue weighted by Crippen LogP contribution is -2.27. The van der Waals surface area contributed by atoms with E-state index in [0.29, 0.717) is 32.4 Å². The van der Waals surface area contributed by atoms with Gasteiger partial charge in [0.2, 0.25) is 0 Å². The topological polar surface area (TPSA) is 56.5 Å². The number of nitrogens with one attached hydrogen (secondary N) is 1. The lowest BCUT2D eigenvalue weighted by Gasteiger charge is -2.08. The first-order valence-corrected chi connectivity index (χ1v) is 4.86. The van der Waals surface area contributed by atoms with Crippen LogP contribution in [0.15, 0.2) is 0 Å². The highest BCUT2D eigenvalue weighted by atomic mass is 16.5. The van der Waals surface area contributed by atoms with Gasteiger partial charge in [0.15, 0.2) is 0 Å². The first-order chi connectivity index (χ1) is 6.27. The van der Waals surface area contributed by atoms with E-state index in [2.05, 4.69) is 19.2 Å². The summed E-state index contributed by atoms with van der Waals surface area (Å²) in [5.41, 5.74) is 5.25. The Morgan fingerprint density at radius 1 is 1.08 bits per heavy atom. The fourth-order valence-corrected chi connectivity index (χ4v) is 0.825. The Morgan fingerprint density at radius 3 is 2.23 bits per heavy atom. The Morgan fingerprint density at radius 2 is 1.69 bits per heavy atom. The summed E-state index contributed by atoms with van der Waals surface area (Å²) in [4.78, 5) is 0. The van der Waals surface area contributed by atoms with Gasteiger partial charge in [-0.05, 0) is 0 Å². The molecule has 3 N–H and O–H groups in total. The molecule has 0 bridgehead atoms. The first-order valence-electron chi connectivity index (χ1n) is 4.86. The quantitative estimate of drug-likeness (QED) is 0.502. The second kappa shape index (κ2) is 9.92. The predicted octanol–water partition coefficient (Wildman–Crippen LogP) is -0.0237. The minimum atomic E-state index is 0.525. The monoisotopic (exact) mass is 190 g/mol. The molecule has 0 unspecified atom stereocenters. The van der Waals surface area contributed by atoms with Gasteiger partial charge in [0, 0.05) is 19.1 Å². The molecule has 0 aliphatic carbocycles. The summed E-state index contributed by atoms with van der Waals surface area (Å²) < 4.78 is 10.4. The van der Waals surface area contributed by atoms with Crippen LogP contribution >= 0.6 is 0 Å². The van der Waals surface area contributed by atoms with Crippen LogP contribution in [0, 0.1) is 0 Å². The molecule has 0 aliphatic heterocycles. The van der Waals surface area contributed by atoms with Crippen molar-refractivity contribution in [2.24, 2.45) is 5.73 Å². The molecule has 0 saturated heterocycles. The number of nitrogens with two attached hydrogens (primary N) is 1. The lowest BCUT2D eigenvalue weighted by atomic mass is 10.4. The SMILES string of the molecule is CC(C)NCCOCCOCCN. The van der Waals surface area contributed by atoms with Crippen LogP contribution in [-0.4, -0.2) is 45.6 Å². The zero-order chi connectivity index (χ0) is 9.94. The first kappa shape index (κ1) is 12.8. The van der Waals surface area contributed by atoms with Gasteiger partial charge in [0.05, 0.1) is 26.4 Å². The summed E-state index contributed by atoms with van der Waals surface area (Å²) >= 11 is 0. The molecule has 0 rings (SSSR count). The van der Waals surface area contributed by atoms with Crippen LogP contribution in [0.3, 0.4) is 0 Å². The highest BCUT2D eigenvalue weighted by molar-refractivity contribution is 4.50. The Labute approximate surface area is 80.8 Å². The van der Waals surface area contributed by atoms with Gasteiger partial charge in [-0.1, -0.05) is 13.8 Å². The highest BCUT2D eigenvalue weighted by Crippen LogP contribution is 1.79. The maximum Gasteiger partial charge on any atom is 0.0701 e. The van der Waals surface area contributed by atoms with Gasteiger partial charge in [-0.15, -0.1) is 0 Å². The van der Waals surface area contributed by atoms with Crippen molar-refractivity contribution in [3.8, 4) is 0 Å². The van der Waals surface area contributed by atoms with Crippen LogP contribution in [0.1, 0.15) is 13.8 Å². The second-order valence-electron chi connectivity index (χ2n) is 3.12. The molecule has 80 valence electrons. The third kappa shape index (κ3) is 11.8. The molecule has 0 heterocycles. The summed E-state index contributed by atoms with van der Waals surface area (Å²) in [5, 5.41) is 3.26. The maximum atomic E-state index is 5.30. The lowest BCUT2D eigenvalue weighted by molar-refractivity contribution is 0.0514. The highest BCUT2D eigenvalue weighted by Gasteiger charge is 1.91. The third-order valence-corrected chi connectivity index (χ3v) is 1.43. The molecule has 0 radical (unpaired) electrons. The van der Waals surface area contributed by atoms with Crippen LogP contribution in [0.4, 0.5) is 0 Å². The number of hydrogen-bond acceptors (Lipinski definition) is 4. The van der Waals surface area contributed by atoms with Crippen molar-refractivity contribution in [1.29, 1.82) is 0 Å². The van der Waals surface area contributed by atoms with Crippen LogP contribution in [0.25, 0.3) is 0 Å². The van der Waals surface area contributed by atoms with Crippen molar-refractivity contribution in [1.82, 2.24) is 5.32 Å². The predicted molar refractivity (Wildman–Crippen MR) is 53.8 cm³/mol. The molecule has 0 saturated carbocycles. The molecular formula is C9H22N2O2. The molecule has 0 aliphatic rings. The summed E-state index contributed by atoms with van der Waals surface area (Å²) in [6.07, 6.45) is 0. The van der Waals surface area contributed by atoms with Gasteiger partial charge in [0.25, 0.3) is 0 Å². The minimum absolute atomic E-state index is 0.525. The number of ether oxygens (including phenoxy) is 2. The van der Waals surface area contributed by atoms with E-state index in [4.69, 9.17) is 15.2 Å². The van der Waals surface area contributed by atoms with Gasteiger partial charge in [0.1, 0.15) is 0 Å².